The fourth-order valence-electron chi connectivity index (χ4n) is 5.11. The fraction of sp³-hybridized carbons (Fsp3) is 0.552. The van der Waals surface area contributed by atoms with Crippen LogP contribution in [0.3, 0.4) is 0 Å². The van der Waals surface area contributed by atoms with Crippen molar-refractivity contribution in [3.63, 3.8) is 0 Å². The Balaban J connectivity index is 1.51. The summed E-state index contributed by atoms with van der Waals surface area (Å²) in [4.78, 5) is 53.8. The largest absolute Gasteiger partial charge is 0.469 e. The number of esters is 1. The number of methoxy groups -OCH3 is 1. The smallest absolute Gasteiger partial charge is 0.327 e. The summed E-state index contributed by atoms with van der Waals surface area (Å²) in [7, 11) is 3.44. The Morgan fingerprint density at radius 2 is 1.93 bits per heavy atom. The number of aryl methyl sites for hydroxylation is 1. The van der Waals surface area contributed by atoms with Gasteiger partial charge < -0.3 is 30.0 Å². The predicted octanol–water partition coefficient (Wildman–Crippen LogP) is 2.36. The Bertz CT molecular complexity index is 1390. The molecular formula is C29H41N7O5. The Morgan fingerprint density at radius 1 is 1.17 bits per heavy atom. The first kappa shape index (κ1) is 30.0. The Labute approximate surface area is 239 Å². The number of piperidine rings is 1. The van der Waals surface area contributed by atoms with E-state index >= 15 is 0 Å². The Hall–Kier alpha value is -3.93. The third-order valence-electron chi connectivity index (χ3n) is 7.49. The molecule has 12 nitrogen and oxygen atoms in total. The summed E-state index contributed by atoms with van der Waals surface area (Å²) in [5, 5.41) is 0. The van der Waals surface area contributed by atoms with Gasteiger partial charge in [0.1, 0.15) is 5.52 Å². The van der Waals surface area contributed by atoms with Crippen LogP contribution >= 0.6 is 0 Å². The number of unbranched alkanes of at least 4 members (excludes halogenated alkanes) is 1. The number of carbonyl (C=O) groups excluding carboxylic acids is 2. The number of nitrogens with one attached hydrogen (secondary N) is 1. The molecule has 1 amide bonds. The predicted molar refractivity (Wildman–Crippen MR) is 155 cm³/mol. The van der Waals surface area contributed by atoms with Crippen LogP contribution in [0.25, 0.3) is 11.2 Å². The molecule has 41 heavy (non-hydrogen) atoms. The van der Waals surface area contributed by atoms with Crippen molar-refractivity contribution in [3.8, 4) is 6.01 Å². The minimum absolute atomic E-state index is 0.0457. The van der Waals surface area contributed by atoms with Gasteiger partial charge >= 0.3 is 17.7 Å². The van der Waals surface area contributed by atoms with Crippen LogP contribution in [0, 0.1) is 5.92 Å². The Kier molecular flexibility index (Phi) is 10.3. The van der Waals surface area contributed by atoms with Crippen LogP contribution < -0.4 is 16.2 Å². The lowest BCUT2D eigenvalue weighted by molar-refractivity contribution is -0.140. The fourth-order valence-corrected chi connectivity index (χ4v) is 5.11. The monoisotopic (exact) mass is 567 g/mol. The highest BCUT2D eigenvalue weighted by atomic mass is 16.5. The maximum absolute atomic E-state index is 13.7. The first-order chi connectivity index (χ1) is 19.8. The number of nitrogens with zero attached hydrogens (tertiary/aromatic N) is 5. The number of imidazole rings is 1. The highest BCUT2D eigenvalue weighted by Gasteiger charge is 2.28. The molecule has 4 rings (SSSR count). The molecule has 0 atom stereocenters. The van der Waals surface area contributed by atoms with Crippen molar-refractivity contribution in [2.75, 3.05) is 46.1 Å². The Morgan fingerprint density at radius 3 is 2.66 bits per heavy atom. The third-order valence-corrected chi connectivity index (χ3v) is 7.49. The lowest BCUT2D eigenvalue weighted by atomic mass is 9.95. The van der Waals surface area contributed by atoms with Crippen LogP contribution in [0.5, 0.6) is 6.01 Å². The number of carbonyl (C=O) groups is 2. The number of benzene rings is 1. The summed E-state index contributed by atoms with van der Waals surface area (Å²) in [5.41, 5.74) is 8.28. The van der Waals surface area contributed by atoms with Crippen molar-refractivity contribution in [3.05, 3.63) is 45.9 Å². The normalized spacial score (nSPS) is 14.3. The SMILES string of the molecule is CCCCOc1nc(N)c2[nH]c(=O)n(CCCN(Cc3cccc(CC(=O)OC)c3)C(=O)C3CCN(C)CC3)c2n1. The second-order valence-corrected chi connectivity index (χ2v) is 10.6. The lowest BCUT2D eigenvalue weighted by Crippen LogP contribution is -2.42. The number of aromatic amines is 1. The van der Waals surface area contributed by atoms with Crippen molar-refractivity contribution in [2.45, 2.75) is 58.5 Å². The zero-order chi connectivity index (χ0) is 29.4. The van der Waals surface area contributed by atoms with E-state index in [-0.39, 0.29) is 41.7 Å². The van der Waals surface area contributed by atoms with E-state index in [1.807, 2.05) is 29.2 Å². The number of likely N-dealkylation sites (tertiary alicyclic amines) is 1. The number of rotatable bonds is 13. The van der Waals surface area contributed by atoms with Crippen LogP contribution in [-0.2, 0) is 33.8 Å². The van der Waals surface area contributed by atoms with E-state index in [0.717, 1.165) is 49.9 Å². The molecule has 3 aromatic rings. The first-order valence-corrected chi connectivity index (χ1v) is 14.3. The lowest BCUT2D eigenvalue weighted by Gasteiger charge is -2.32. The summed E-state index contributed by atoms with van der Waals surface area (Å²) < 4.78 is 12.0. The molecule has 1 aliphatic heterocycles. The number of aromatic nitrogens is 4. The van der Waals surface area contributed by atoms with Crippen molar-refractivity contribution in [1.29, 1.82) is 0 Å². The van der Waals surface area contributed by atoms with E-state index in [0.29, 0.717) is 43.8 Å². The number of amides is 1. The van der Waals surface area contributed by atoms with Gasteiger partial charge in [0.05, 0.1) is 20.1 Å². The van der Waals surface area contributed by atoms with Crippen LogP contribution in [-0.4, -0.2) is 81.6 Å². The number of hydrogen-bond donors (Lipinski definition) is 2. The van der Waals surface area contributed by atoms with Gasteiger partial charge in [-0.15, -0.1) is 0 Å². The highest BCUT2D eigenvalue weighted by molar-refractivity contribution is 5.82. The maximum atomic E-state index is 13.7. The van der Waals surface area contributed by atoms with E-state index < -0.39 is 0 Å². The van der Waals surface area contributed by atoms with Gasteiger partial charge in [-0.05, 0) is 56.9 Å². The van der Waals surface area contributed by atoms with Gasteiger partial charge in [0.15, 0.2) is 11.5 Å². The average Bonchev–Trinajstić information content (AvgIpc) is 3.28. The van der Waals surface area contributed by atoms with Crippen molar-refractivity contribution in [1.82, 2.24) is 29.3 Å². The standard InChI is InChI=1S/C29H41N7O5/c1-4-5-16-41-28-32-25(30)24-26(33-28)36(29(39)31-24)13-7-12-35(27(38)22-10-14-34(2)15-11-22)19-21-9-6-8-20(17-21)18-23(37)40-3/h6,8-9,17,22H,4-5,7,10-16,18-19H2,1-3H3,(H,31,39)(H2,30,32,33). The van der Waals surface area contributed by atoms with E-state index in [1.54, 1.807) is 0 Å². The molecule has 0 radical (unpaired) electrons. The van der Waals surface area contributed by atoms with E-state index in [2.05, 4.69) is 33.8 Å². The highest BCUT2D eigenvalue weighted by Crippen LogP contribution is 2.22. The van der Waals surface area contributed by atoms with Gasteiger partial charge in [-0.2, -0.15) is 9.97 Å². The van der Waals surface area contributed by atoms with Gasteiger partial charge in [0, 0.05) is 25.6 Å². The molecule has 12 heteroatoms. The van der Waals surface area contributed by atoms with Gasteiger partial charge in [-0.1, -0.05) is 37.6 Å². The number of H-pyrrole nitrogens is 1. The summed E-state index contributed by atoms with van der Waals surface area (Å²) >= 11 is 0. The molecule has 0 aliphatic carbocycles. The van der Waals surface area contributed by atoms with E-state index in [1.165, 1.54) is 11.7 Å². The quantitative estimate of drug-likeness (QED) is 0.234. The molecule has 3 N–H and O–H groups in total. The molecule has 1 saturated heterocycles. The molecule has 0 unspecified atom stereocenters. The topological polar surface area (TPSA) is 149 Å². The summed E-state index contributed by atoms with van der Waals surface area (Å²) in [6.07, 6.45) is 4.15. The van der Waals surface area contributed by atoms with Crippen LogP contribution in [0.1, 0.15) is 50.2 Å². The van der Waals surface area contributed by atoms with E-state index in [4.69, 9.17) is 15.2 Å². The van der Waals surface area contributed by atoms with Crippen LogP contribution in [0.2, 0.25) is 0 Å². The molecule has 222 valence electrons. The van der Waals surface area contributed by atoms with Crippen molar-refractivity contribution < 1.29 is 19.1 Å². The number of nitrogen functional groups attached to an aromatic ring is 1. The van der Waals surface area contributed by atoms with E-state index in [9.17, 15) is 14.4 Å². The van der Waals surface area contributed by atoms with Gasteiger partial charge in [0.25, 0.3) is 0 Å². The average molecular weight is 568 g/mol. The number of hydrogen-bond acceptors (Lipinski definition) is 9. The summed E-state index contributed by atoms with van der Waals surface area (Å²) in [6, 6.07) is 7.81. The minimum atomic E-state index is -0.338. The molecule has 1 aromatic carbocycles. The molecule has 0 bridgehead atoms. The first-order valence-electron chi connectivity index (χ1n) is 14.3. The molecular weight excluding hydrogens is 526 g/mol. The minimum Gasteiger partial charge on any atom is -0.469 e. The zero-order valence-electron chi connectivity index (χ0n) is 24.2. The number of fused-ring (bicyclic) bond motifs is 1. The van der Waals surface area contributed by atoms with Gasteiger partial charge in [0.2, 0.25) is 5.91 Å². The number of anilines is 1. The van der Waals surface area contributed by atoms with Crippen molar-refractivity contribution >= 4 is 28.9 Å². The molecule has 1 fully saturated rings. The number of nitrogens with two attached hydrogens (primary N) is 1. The van der Waals surface area contributed by atoms with Crippen LogP contribution in [0.15, 0.2) is 29.1 Å². The summed E-state index contributed by atoms with van der Waals surface area (Å²) in [6.45, 7) is 5.49. The zero-order valence-corrected chi connectivity index (χ0v) is 24.2. The molecule has 1 aliphatic rings. The molecule has 2 aromatic heterocycles. The second-order valence-electron chi connectivity index (χ2n) is 10.6. The molecule has 3 heterocycles. The summed E-state index contributed by atoms with van der Waals surface area (Å²) in [5.74, 6) is -0.0891. The number of ether oxygens (including phenoxy) is 2. The second kappa shape index (κ2) is 14.1. The maximum Gasteiger partial charge on any atom is 0.327 e. The van der Waals surface area contributed by atoms with Gasteiger partial charge in [-0.25, -0.2) is 4.79 Å². The van der Waals surface area contributed by atoms with Crippen LogP contribution in [0.4, 0.5) is 5.82 Å². The third kappa shape index (κ3) is 7.84. The molecule has 0 spiro atoms. The van der Waals surface area contributed by atoms with Crippen molar-refractivity contribution in [2.24, 2.45) is 5.92 Å². The molecule has 0 saturated carbocycles. The van der Waals surface area contributed by atoms with Gasteiger partial charge in [-0.3, -0.25) is 14.2 Å².